The molecule has 1 atom stereocenters. The lowest BCUT2D eigenvalue weighted by Crippen LogP contribution is -2.45. The fourth-order valence-electron chi connectivity index (χ4n) is 3.98. The highest BCUT2D eigenvalue weighted by Crippen LogP contribution is 2.36. The lowest BCUT2D eigenvalue weighted by molar-refractivity contribution is -0.0347. The predicted molar refractivity (Wildman–Crippen MR) is 100 cm³/mol. The zero-order valence-corrected chi connectivity index (χ0v) is 15.6. The summed E-state index contributed by atoms with van der Waals surface area (Å²) in [6.45, 7) is 1.95. The van der Waals surface area contributed by atoms with Crippen molar-refractivity contribution in [2.45, 2.75) is 56.7 Å². The molecule has 0 amide bonds. The van der Waals surface area contributed by atoms with E-state index in [1.54, 1.807) is 7.11 Å². The molecule has 2 heterocycles. The molecule has 2 fully saturated rings. The Balaban J connectivity index is 0.00000182. The van der Waals surface area contributed by atoms with Gasteiger partial charge in [0, 0.05) is 18.5 Å². The number of piperidine rings is 1. The second kappa shape index (κ2) is 7.83. The van der Waals surface area contributed by atoms with Crippen LogP contribution in [0.1, 0.15) is 50.5 Å². The van der Waals surface area contributed by atoms with Crippen LogP contribution in [0.15, 0.2) is 23.4 Å². The number of methoxy groups -OCH3 is 1. The average Bonchev–Trinajstić information content (AvgIpc) is 3.26. The molecule has 0 radical (unpaired) electrons. The van der Waals surface area contributed by atoms with E-state index in [2.05, 4.69) is 22.6 Å². The number of halogens is 1. The Labute approximate surface area is 155 Å². The van der Waals surface area contributed by atoms with Gasteiger partial charge in [0.05, 0.1) is 18.9 Å². The smallest absolute Gasteiger partial charge is 0.162 e. The van der Waals surface area contributed by atoms with Crippen molar-refractivity contribution >= 4 is 18.1 Å². The molecule has 1 unspecified atom stereocenters. The van der Waals surface area contributed by atoms with Crippen molar-refractivity contribution in [3.63, 3.8) is 0 Å². The summed E-state index contributed by atoms with van der Waals surface area (Å²) in [5, 5.41) is 7.82. The van der Waals surface area contributed by atoms with Crippen LogP contribution in [-0.4, -0.2) is 37.6 Å². The van der Waals surface area contributed by atoms with Crippen molar-refractivity contribution in [2.24, 2.45) is 5.16 Å². The Morgan fingerprint density at radius 2 is 2.04 bits per heavy atom. The van der Waals surface area contributed by atoms with Gasteiger partial charge in [-0.2, -0.15) is 0 Å². The van der Waals surface area contributed by atoms with E-state index >= 15 is 0 Å². The van der Waals surface area contributed by atoms with E-state index in [0.717, 1.165) is 68.0 Å². The molecular weight excluding hydrogens is 340 g/mol. The third-order valence-corrected chi connectivity index (χ3v) is 5.36. The summed E-state index contributed by atoms with van der Waals surface area (Å²) in [6.07, 6.45) is 8.14. The van der Waals surface area contributed by atoms with E-state index < -0.39 is 0 Å². The lowest BCUT2D eigenvalue weighted by atomic mass is 9.87. The third-order valence-electron chi connectivity index (χ3n) is 5.36. The van der Waals surface area contributed by atoms with Crippen molar-refractivity contribution < 1.29 is 14.3 Å². The Hall–Kier alpha value is -1.46. The number of benzene rings is 1. The Morgan fingerprint density at radius 3 is 2.76 bits per heavy atom. The molecular formula is C19H27ClN2O3. The molecule has 1 N–H and O–H groups in total. The highest BCUT2D eigenvalue weighted by Gasteiger charge is 2.40. The maximum Gasteiger partial charge on any atom is 0.162 e. The van der Waals surface area contributed by atoms with Crippen molar-refractivity contribution in [1.29, 1.82) is 0 Å². The summed E-state index contributed by atoms with van der Waals surface area (Å²) in [5.74, 6) is 1.62. The van der Waals surface area contributed by atoms with E-state index in [1.165, 1.54) is 12.8 Å². The number of oxime groups is 1. The van der Waals surface area contributed by atoms with Crippen molar-refractivity contribution in [1.82, 2.24) is 5.32 Å². The van der Waals surface area contributed by atoms with E-state index in [1.807, 2.05) is 6.07 Å². The van der Waals surface area contributed by atoms with Gasteiger partial charge >= 0.3 is 0 Å². The van der Waals surface area contributed by atoms with Crippen molar-refractivity contribution in [3.05, 3.63) is 23.8 Å². The van der Waals surface area contributed by atoms with E-state index in [0.29, 0.717) is 6.10 Å². The number of hydrogen-bond donors (Lipinski definition) is 1. The molecule has 4 rings (SSSR count). The highest BCUT2D eigenvalue weighted by atomic mass is 35.5. The topological polar surface area (TPSA) is 52.1 Å². The highest BCUT2D eigenvalue weighted by molar-refractivity contribution is 6.02. The maximum absolute atomic E-state index is 6.20. The summed E-state index contributed by atoms with van der Waals surface area (Å²) in [7, 11) is 1.69. The lowest BCUT2D eigenvalue weighted by Gasteiger charge is -2.31. The van der Waals surface area contributed by atoms with Gasteiger partial charge < -0.3 is 19.6 Å². The fraction of sp³-hybridized carbons (Fsp3) is 0.632. The van der Waals surface area contributed by atoms with Crippen LogP contribution in [0, 0.1) is 0 Å². The molecule has 1 aromatic rings. The van der Waals surface area contributed by atoms with E-state index in [-0.39, 0.29) is 18.0 Å². The van der Waals surface area contributed by atoms with Gasteiger partial charge in [-0.15, -0.1) is 12.4 Å². The first-order valence-electron chi connectivity index (χ1n) is 9.09. The monoisotopic (exact) mass is 366 g/mol. The van der Waals surface area contributed by atoms with E-state index in [4.69, 9.17) is 14.3 Å². The van der Waals surface area contributed by atoms with Crippen LogP contribution in [0.25, 0.3) is 0 Å². The van der Waals surface area contributed by atoms with Crippen LogP contribution in [-0.2, 0) is 4.84 Å². The summed E-state index contributed by atoms with van der Waals surface area (Å²) >= 11 is 0. The number of nitrogens with zero attached hydrogens (tertiary/aromatic N) is 1. The van der Waals surface area contributed by atoms with Crippen LogP contribution in [0.4, 0.5) is 0 Å². The molecule has 5 nitrogen and oxygen atoms in total. The summed E-state index contributed by atoms with van der Waals surface area (Å²) in [5.41, 5.74) is 1.93. The van der Waals surface area contributed by atoms with Crippen LogP contribution in [0.2, 0.25) is 0 Å². The molecule has 2 aliphatic heterocycles. The van der Waals surface area contributed by atoms with Gasteiger partial charge in [0.15, 0.2) is 17.1 Å². The first kappa shape index (κ1) is 18.3. The van der Waals surface area contributed by atoms with E-state index in [9.17, 15) is 0 Å². The molecule has 0 aromatic heterocycles. The van der Waals surface area contributed by atoms with Gasteiger partial charge in [-0.3, -0.25) is 0 Å². The molecule has 1 spiro atoms. The number of nitrogens with one attached hydrogen (secondary N) is 1. The number of ether oxygens (including phenoxy) is 2. The normalized spacial score (nSPS) is 26.0. The molecule has 25 heavy (non-hydrogen) atoms. The standard InChI is InChI=1S/C19H26N2O3.ClH/c1-22-17-8-7-14(11-18(17)23-15-5-2-3-6-15)16-12-19(24-21-16)9-4-10-20-13-19;/h7-8,11,15,20H,2-6,9-10,12-13H2,1H3;1H. The fourth-order valence-corrected chi connectivity index (χ4v) is 3.98. The molecule has 0 bridgehead atoms. The van der Waals surface area contributed by atoms with Crippen LogP contribution >= 0.6 is 12.4 Å². The minimum Gasteiger partial charge on any atom is -0.493 e. The summed E-state index contributed by atoms with van der Waals surface area (Å²) in [6, 6.07) is 6.10. The van der Waals surface area contributed by atoms with Crippen LogP contribution in [0.5, 0.6) is 11.5 Å². The first-order valence-corrected chi connectivity index (χ1v) is 9.09. The van der Waals surface area contributed by atoms with Crippen LogP contribution in [0.3, 0.4) is 0 Å². The van der Waals surface area contributed by atoms with Gasteiger partial charge in [0.25, 0.3) is 0 Å². The number of hydrogen-bond acceptors (Lipinski definition) is 5. The predicted octanol–water partition coefficient (Wildman–Crippen LogP) is 3.69. The van der Waals surface area contributed by atoms with Gasteiger partial charge in [-0.1, -0.05) is 5.16 Å². The van der Waals surface area contributed by atoms with Gasteiger partial charge in [0.2, 0.25) is 0 Å². The maximum atomic E-state index is 6.20. The quantitative estimate of drug-likeness (QED) is 0.883. The Bertz CT molecular complexity index is 623. The molecule has 6 heteroatoms. The second-order valence-electron chi connectivity index (χ2n) is 7.16. The molecule has 3 aliphatic rings. The van der Waals surface area contributed by atoms with Gasteiger partial charge in [0.1, 0.15) is 0 Å². The van der Waals surface area contributed by atoms with Gasteiger partial charge in [-0.25, -0.2) is 0 Å². The summed E-state index contributed by atoms with van der Waals surface area (Å²) < 4.78 is 11.7. The third kappa shape index (κ3) is 3.87. The first-order chi connectivity index (χ1) is 11.8. The van der Waals surface area contributed by atoms with Crippen molar-refractivity contribution in [3.8, 4) is 11.5 Å². The minimum absolute atomic E-state index is 0. The zero-order valence-electron chi connectivity index (χ0n) is 14.8. The second-order valence-corrected chi connectivity index (χ2v) is 7.16. The zero-order chi connectivity index (χ0) is 16.4. The van der Waals surface area contributed by atoms with Crippen LogP contribution < -0.4 is 14.8 Å². The molecule has 1 aromatic carbocycles. The SMILES string of the molecule is COc1ccc(C2=NOC3(CCCNC3)C2)cc1OC1CCCC1.Cl. The average molecular weight is 367 g/mol. The molecule has 1 aliphatic carbocycles. The summed E-state index contributed by atoms with van der Waals surface area (Å²) in [4.78, 5) is 5.83. The Kier molecular flexibility index (Phi) is 5.74. The molecule has 1 saturated heterocycles. The van der Waals surface area contributed by atoms with Crippen molar-refractivity contribution in [2.75, 3.05) is 20.2 Å². The number of rotatable bonds is 4. The Morgan fingerprint density at radius 1 is 1.20 bits per heavy atom. The largest absolute Gasteiger partial charge is 0.493 e. The molecule has 138 valence electrons. The van der Waals surface area contributed by atoms with Gasteiger partial charge in [-0.05, 0) is 63.3 Å². The minimum atomic E-state index is -0.153. The molecule has 1 saturated carbocycles.